The van der Waals surface area contributed by atoms with E-state index in [1.807, 2.05) is 13.8 Å². The van der Waals surface area contributed by atoms with Crippen LogP contribution in [0.5, 0.6) is 0 Å². The van der Waals surface area contributed by atoms with Crippen molar-refractivity contribution < 1.29 is 9.18 Å². The summed E-state index contributed by atoms with van der Waals surface area (Å²) < 4.78 is 12.9. The van der Waals surface area contributed by atoms with Crippen LogP contribution in [0.25, 0.3) is 0 Å². The first-order chi connectivity index (χ1) is 9.58. The average Bonchev–Trinajstić information content (AvgIpc) is 2.82. The molecule has 1 amide bonds. The molecule has 4 nitrogen and oxygen atoms in total. The van der Waals surface area contributed by atoms with E-state index in [2.05, 4.69) is 10.4 Å². The SMILES string of the molecule is CC[C@@H](NC(=O)CN1CCC(C)=N1)c1ccc(F)cc1. The summed E-state index contributed by atoms with van der Waals surface area (Å²) in [6.45, 7) is 5.03. The summed E-state index contributed by atoms with van der Waals surface area (Å²) in [5.74, 6) is -0.323. The van der Waals surface area contributed by atoms with Gasteiger partial charge in [0.05, 0.1) is 6.04 Å². The lowest BCUT2D eigenvalue weighted by Crippen LogP contribution is -2.36. The molecule has 1 aliphatic heterocycles. The van der Waals surface area contributed by atoms with Crippen LogP contribution in [-0.2, 0) is 4.79 Å². The Labute approximate surface area is 118 Å². The molecule has 20 heavy (non-hydrogen) atoms. The molecular weight excluding hydrogens is 257 g/mol. The van der Waals surface area contributed by atoms with Crippen molar-refractivity contribution in [1.82, 2.24) is 10.3 Å². The van der Waals surface area contributed by atoms with Crippen molar-refractivity contribution in [2.75, 3.05) is 13.1 Å². The third-order valence-corrected chi connectivity index (χ3v) is 3.39. The number of halogens is 1. The number of hydrogen-bond acceptors (Lipinski definition) is 3. The standard InChI is InChI=1S/C15H20FN3O/c1-3-14(12-4-6-13(16)7-5-12)17-15(20)10-19-9-8-11(2)18-19/h4-7,14H,3,8-10H2,1-2H3,(H,17,20)/t14-/m1/s1. The Balaban J connectivity index is 1.92. The van der Waals surface area contributed by atoms with Crippen LogP contribution in [-0.4, -0.2) is 29.7 Å². The Morgan fingerprint density at radius 2 is 2.15 bits per heavy atom. The normalized spacial score (nSPS) is 15.9. The highest BCUT2D eigenvalue weighted by molar-refractivity contribution is 5.84. The van der Waals surface area contributed by atoms with Gasteiger partial charge in [-0.1, -0.05) is 19.1 Å². The molecule has 0 saturated heterocycles. The van der Waals surface area contributed by atoms with Crippen molar-refractivity contribution in [3.05, 3.63) is 35.6 Å². The Morgan fingerprint density at radius 1 is 1.45 bits per heavy atom. The second-order valence-corrected chi connectivity index (χ2v) is 5.05. The molecule has 0 spiro atoms. The van der Waals surface area contributed by atoms with E-state index in [0.717, 1.165) is 30.7 Å². The number of hydrazone groups is 1. The number of carbonyl (C=O) groups is 1. The summed E-state index contributed by atoms with van der Waals surface area (Å²) >= 11 is 0. The fourth-order valence-corrected chi connectivity index (χ4v) is 2.27. The minimum absolute atomic E-state index is 0.0559. The highest BCUT2D eigenvalue weighted by atomic mass is 19.1. The first-order valence-electron chi connectivity index (χ1n) is 6.92. The van der Waals surface area contributed by atoms with Gasteiger partial charge in [0.2, 0.25) is 5.91 Å². The zero-order valence-electron chi connectivity index (χ0n) is 11.9. The maximum atomic E-state index is 12.9. The molecule has 0 unspecified atom stereocenters. The highest BCUT2D eigenvalue weighted by Gasteiger charge is 2.17. The first kappa shape index (κ1) is 14.5. The molecule has 0 radical (unpaired) electrons. The lowest BCUT2D eigenvalue weighted by Gasteiger charge is -2.19. The van der Waals surface area contributed by atoms with Gasteiger partial charge in [-0.05, 0) is 31.0 Å². The van der Waals surface area contributed by atoms with Crippen LogP contribution in [0.1, 0.15) is 38.3 Å². The largest absolute Gasteiger partial charge is 0.348 e. The van der Waals surface area contributed by atoms with E-state index >= 15 is 0 Å². The number of rotatable bonds is 5. The Kier molecular flexibility index (Phi) is 4.71. The van der Waals surface area contributed by atoms with Gasteiger partial charge >= 0.3 is 0 Å². The van der Waals surface area contributed by atoms with Crippen molar-refractivity contribution in [2.45, 2.75) is 32.7 Å². The highest BCUT2D eigenvalue weighted by Crippen LogP contribution is 2.17. The van der Waals surface area contributed by atoms with E-state index in [4.69, 9.17) is 0 Å². The lowest BCUT2D eigenvalue weighted by atomic mass is 10.0. The second-order valence-electron chi connectivity index (χ2n) is 5.05. The van der Waals surface area contributed by atoms with Gasteiger partial charge in [0.15, 0.2) is 0 Å². The van der Waals surface area contributed by atoms with Gasteiger partial charge in [0.25, 0.3) is 0 Å². The third kappa shape index (κ3) is 3.79. The number of hydrogen-bond donors (Lipinski definition) is 1. The number of nitrogens with one attached hydrogen (secondary N) is 1. The van der Waals surface area contributed by atoms with E-state index in [1.54, 1.807) is 17.1 Å². The summed E-state index contributed by atoms with van der Waals surface area (Å²) in [5, 5.41) is 9.04. The summed E-state index contributed by atoms with van der Waals surface area (Å²) in [5.41, 5.74) is 1.98. The Bertz CT molecular complexity index is 498. The predicted molar refractivity (Wildman–Crippen MR) is 76.9 cm³/mol. The van der Waals surface area contributed by atoms with Gasteiger partial charge in [0, 0.05) is 18.7 Å². The summed E-state index contributed by atoms with van der Waals surface area (Å²) in [7, 11) is 0. The topological polar surface area (TPSA) is 44.7 Å². The fraction of sp³-hybridized carbons (Fsp3) is 0.467. The van der Waals surface area contributed by atoms with E-state index in [1.165, 1.54) is 12.1 Å². The molecule has 1 aliphatic rings. The maximum absolute atomic E-state index is 12.9. The van der Waals surface area contributed by atoms with Crippen molar-refractivity contribution >= 4 is 11.6 Å². The number of benzene rings is 1. The van der Waals surface area contributed by atoms with E-state index in [0.29, 0.717) is 0 Å². The zero-order valence-corrected chi connectivity index (χ0v) is 11.9. The molecule has 0 aliphatic carbocycles. The lowest BCUT2D eigenvalue weighted by molar-refractivity contribution is -0.122. The van der Waals surface area contributed by atoms with Gasteiger partial charge < -0.3 is 5.32 Å². The van der Waals surface area contributed by atoms with E-state index < -0.39 is 0 Å². The third-order valence-electron chi connectivity index (χ3n) is 3.39. The maximum Gasteiger partial charge on any atom is 0.241 e. The average molecular weight is 277 g/mol. The van der Waals surface area contributed by atoms with Gasteiger partial charge in [-0.25, -0.2) is 4.39 Å². The van der Waals surface area contributed by atoms with Crippen LogP contribution in [0.3, 0.4) is 0 Å². The smallest absolute Gasteiger partial charge is 0.241 e. The number of amides is 1. The molecule has 5 heteroatoms. The Hall–Kier alpha value is -1.91. The van der Waals surface area contributed by atoms with Crippen molar-refractivity contribution in [3.63, 3.8) is 0 Å². The molecule has 0 bridgehead atoms. The molecule has 0 aromatic heterocycles. The van der Waals surface area contributed by atoms with Crippen LogP contribution in [0, 0.1) is 5.82 Å². The molecule has 1 N–H and O–H groups in total. The molecule has 1 heterocycles. The summed E-state index contributed by atoms with van der Waals surface area (Å²) in [6, 6.07) is 6.16. The first-order valence-corrected chi connectivity index (χ1v) is 6.92. The van der Waals surface area contributed by atoms with E-state index in [9.17, 15) is 9.18 Å². The molecule has 0 fully saturated rings. The minimum Gasteiger partial charge on any atom is -0.348 e. The van der Waals surface area contributed by atoms with Crippen LogP contribution in [0.4, 0.5) is 4.39 Å². The van der Waals surface area contributed by atoms with Crippen molar-refractivity contribution in [3.8, 4) is 0 Å². The molecule has 108 valence electrons. The molecule has 2 rings (SSSR count). The molecule has 1 atom stereocenters. The summed E-state index contributed by atoms with van der Waals surface area (Å²) in [4.78, 5) is 12.0. The Morgan fingerprint density at radius 3 is 2.70 bits per heavy atom. The van der Waals surface area contributed by atoms with Gasteiger partial charge in [-0.15, -0.1) is 0 Å². The molecular formula is C15H20FN3O. The molecule has 1 aromatic rings. The van der Waals surface area contributed by atoms with Gasteiger partial charge in [0.1, 0.15) is 12.4 Å². The second kappa shape index (κ2) is 6.50. The zero-order chi connectivity index (χ0) is 14.5. The van der Waals surface area contributed by atoms with Crippen molar-refractivity contribution in [2.24, 2.45) is 5.10 Å². The van der Waals surface area contributed by atoms with Gasteiger partial charge in [-0.3, -0.25) is 9.80 Å². The monoisotopic (exact) mass is 277 g/mol. The van der Waals surface area contributed by atoms with Crippen molar-refractivity contribution in [1.29, 1.82) is 0 Å². The van der Waals surface area contributed by atoms with Crippen LogP contribution in [0.2, 0.25) is 0 Å². The summed E-state index contributed by atoms with van der Waals surface area (Å²) in [6.07, 6.45) is 1.68. The van der Waals surface area contributed by atoms with Gasteiger partial charge in [-0.2, -0.15) is 5.10 Å². The number of carbonyl (C=O) groups excluding carboxylic acids is 1. The predicted octanol–water partition coefficient (Wildman–Crippen LogP) is 2.47. The molecule has 0 saturated carbocycles. The van der Waals surface area contributed by atoms with Crippen LogP contribution < -0.4 is 5.32 Å². The van der Waals surface area contributed by atoms with E-state index in [-0.39, 0.29) is 24.3 Å². The minimum atomic E-state index is -0.267. The molecule has 1 aromatic carbocycles. The van der Waals surface area contributed by atoms with Crippen LogP contribution in [0.15, 0.2) is 29.4 Å². The van der Waals surface area contributed by atoms with Crippen LogP contribution >= 0.6 is 0 Å². The quantitative estimate of drug-likeness (QED) is 0.898. The number of nitrogens with zero attached hydrogens (tertiary/aromatic N) is 2. The fourth-order valence-electron chi connectivity index (χ4n) is 2.27.